The number of halogens is 3. The van der Waals surface area contributed by atoms with Crippen molar-refractivity contribution in [1.82, 2.24) is 4.98 Å². The molecule has 0 saturated heterocycles. The smallest absolute Gasteiger partial charge is 0.136 e. The summed E-state index contributed by atoms with van der Waals surface area (Å²) in [5, 5.41) is 10.6. The summed E-state index contributed by atoms with van der Waals surface area (Å²) in [5.41, 5.74) is 1.47. The van der Waals surface area contributed by atoms with Gasteiger partial charge in [-0.1, -0.05) is 39.1 Å². The molecule has 0 fully saturated rings. The molecular formula is C8H8BrCl2NO. The largest absolute Gasteiger partial charge is 0.387 e. The molecule has 2 nitrogen and oxygen atoms in total. The van der Waals surface area contributed by atoms with Crippen LogP contribution in [0.5, 0.6) is 0 Å². The van der Waals surface area contributed by atoms with Gasteiger partial charge in [0.2, 0.25) is 0 Å². The Morgan fingerprint density at radius 1 is 1.62 bits per heavy atom. The van der Waals surface area contributed by atoms with E-state index >= 15 is 0 Å². The van der Waals surface area contributed by atoms with Gasteiger partial charge in [0.05, 0.1) is 6.10 Å². The van der Waals surface area contributed by atoms with E-state index in [1.165, 1.54) is 0 Å². The zero-order valence-corrected chi connectivity index (χ0v) is 9.99. The number of hydrogen-bond acceptors (Lipinski definition) is 2. The van der Waals surface area contributed by atoms with Crippen LogP contribution >= 0.6 is 39.1 Å². The standard InChI is InChI=1S/C8H8BrCl2NO/c1-4-2-6(10)12-8(11)7(4)5(13)3-9/h2,5,13H,3H2,1H3. The lowest BCUT2D eigenvalue weighted by molar-refractivity contribution is 0.204. The molecule has 0 bridgehead atoms. The molecule has 0 saturated carbocycles. The van der Waals surface area contributed by atoms with Crippen LogP contribution in [0, 0.1) is 6.92 Å². The van der Waals surface area contributed by atoms with Crippen molar-refractivity contribution in [3.8, 4) is 0 Å². The quantitative estimate of drug-likeness (QED) is 0.669. The van der Waals surface area contributed by atoms with Gasteiger partial charge in [-0.2, -0.15) is 0 Å². The van der Waals surface area contributed by atoms with Gasteiger partial charge in [0, 0.05) is 10.9 Å². The molecular weight excluding hydrogens is 277 g/mol. The summed E-state index contributed by atoms with van der Waals surface area (Å²) in [6.07, 6.45) is -0.641. The van der Waals surface area contributed by atoms with Crippen LogP contribution in [0.3, 0.4) is 0 Å². The molecule has 1 atom stereocenters. The van der Waals surface area contributed by atoms with Crippen LogP contribution in [0.25, 0.3) is 0 Å². The van der Waals surface area contributed by atoms with E-state index in [-0.39, 0.29) is 5.15 Å². The van der Waals surface area contributed by atoms with Gasteiger partial charge in [-0.25, -0.2) is 4.98 Å². The summed E-state index contributed by atoms with van der Waals surface area (Å²) >= 11 is 14.7. The number of rotatable bonds is 2. The van der Waals surface area contributed by atoms with Crippen LogP contribution < -0.4 is 0 Å². The van der Waals surface area contributed by atoms with Gasteiger partial charge in [-0.15, -0.1) is 0 Å². The molecule has 0 amide bonds. The average molecular weight is 285 g/mol. The molecule has 5 heteroatoms. The fourth-order valence-electron chi connectivity index (χ4n) is 1.08. The van der Waals surface area contributed by atoms with E-state index in [1.807, 2.05) is 6.92 Å². The fourth-order valence-corrected chi connectivity index (χ4v) is 2.06. The Morgan fingerprint density at radius 3 is 2.69 bits per heavy atom. The molecule has 13 heavy (non-hydrogen) atoms. The lowest BCUT2D eigenvalue weighted by Gasteiger charge is -2.12. The number of hydrogen-bond donors (Lipinski definition) is 1. The van der Waals surface area contributed by atoms with Crippen LogP contribution in [-0.4, -0.2) is 15.4 Å². The third kappa shape index (κ3) is 2.56. The van der Waals surface area contributed by atoms with Crippen molar-refractivity contribution in [2.24, 2.45) is 0 Å². The number of nitrogens with zero attached hydrogens (tertiary/aromatic N) is 1. The predicted molar refractivity (Wildman–Crippen MR) is 57.7 cm³/mol. The predicted octanol–water partition coefficient (Wildman–Crippen LogP) is 3.13. The van der Waals surface area contributed by atoms with Gasteiger partial charge in [0.1, 0.15) is 10.3 Å². The first kappa shape index (κ1) is 11.2. The molecule has 1 aromatic rings. The van der Waals surface area contributed by atoms with E-state index in [4.69, 9.17) is 23.2 Å². The normalized spacial score (nSPS) is 13.0. The van der Waals surface area contributed by atoms with Crippen molar-refractivity contribution < 1.29 is 5.11 Å². The number of alkyl halides is 1. The summed E-state index contributed by atoms with van der Waals surface area (Å²) in [6.45, 7) is 1.83. The number of aromatic nitrogens is 1. The Labute approximate surface area is 95.0 Å². The monoisotopic (exact) mass is 283 g/mol. The summed E-state index contributed by atoms with van der Waals surface area (Å²) in [7, 11) is 0. The Balaban J connectivity index is 3.20. The Kier molecular flexibility index (Phi) is 3.98. The van der Waals surface area contributed by atoms with Crippen LogP contribution in [0.2, 0.25) is 10.3 Å². The van der Waals surface area contributed by atoms with Crippen molar-refractivity contribution in [1.29, 1.82) is 0 Å². The molecule has 0 spiro atoms. The van der Waals surface area contributed by atoms with Crippen molar-refractivity contribution in [3.63, 3.8) is 0 Å². The maximum Gasteiger partial charge on any atom is 0.136 e. The lowest BCUT2D eigenvalue weighted by atomic mass is 10.1. The first-order valence-electron chi connectivity index (χ1n) is 3.62. The highest BCUT2D eigenvalue weighted by Crippen LogP contribution is 2.27. The van der Waals surface area contributed by atoms with Crippen molar-refractivity contribution in [2.75, 3.05) is 5.33 Å². The summed E-state index contributed by atoms with van der Waals surface area (Å²) in [6, 6.07) is 1.68. The van der Waals surface area contributed by atoms with Gasteiger partial charge in [0.15, 0.2) is 0 Å². The number of aryl methyl sites for hydroxylation is 1. The van der Waals surface area contributed by atoms with E-state index in [1.54, 1.807) is 6.07 Å². The maximum absolute atomic E-state index is 9.57. The van der Waals surface area contributed by atoms with Crippen LogP contribution in [-0.2, 0) is 0 Å². The highest BCUT2D eigenvalue weighted by atomic mass is 79.9. The molecule has 1 N–H and O–H groups in total. The molecule has 1 unspecified atom stereocenters. The number of aliphatic hydroxyl groups is 1. The zero-order chi connectivity index (χ0) is 10.0. The Hall–Kier alpha value is 0.170. The van der Waals surface area contributed by atoms with E-state index in [0.717, 1.165) is 5.56 Å². The molecule has 72 valence electrons. The van der Waals surface area contributed by atoms with Crippen LogP contribution in [0.15, 0.2) is 6.07 Å². The second kappa shape index (κ2) is 4.60. The zero-order valence-electron chi connectivity index (χ0n) is 6.89. The minimum absolute atomic E-state index is 0.261. The molecule has 0 aliphatic heterocycles. The SMILES string of the molecule is Cc1cc(Cl)nc(Cl)c1C(O)CBr. The van der Waals surface area contributed by atoms with Gasteiger partial charge in [0.25, 0.3) is 0 Å². The third-order valence-electron chi connectivity index (χ3n) is 1.67. The first-order valence-corrected chi connectivity index (χ1v) is 5.50. The molecule has 1 aromatic heterocycles. The summed E-state index contributed by atoms with van der Waals surface area (Å²) in [5.74, 6) is 0. The average Bonchev–Trinajstić information content (AvgIpc) is 2.02. The molecule has 1 rings (SSSR count). The van der Waals surface area contributed by atoms with E-state index in [0.29, 0.717) is 16.0 Å². The second-order valence-corrected chi connectivity index (χ2v) is 4.03. The molecule has 0 aliphatic carbocycles. The highest BCUT2D eigenvalue weighted by Gasteiger charge is 2.14. The molecule has 1 heterocycles. The van der Waals surface area contributed by atoms with Gasteiger partial charge < -0.3 is 5.11 Å². The van der Waals surface area contributed by atoms with E-state index < -0.39 is 6.10 Å². The maximum atomic E-state index is 9.57. The second-order valence-electron chi connectivity index (χ2n) is 2.64. The van der Waals surface area contributed by atoms with Gasteiger partial charge in [-0.3, -0.25) is 0 Å². The number of pyridine rings is 1. The molecule has 0 aromatic carbocycles. The fraction of sp³-hybridized carbons (Fsp3) is 0.375. The number of aliphatic hydroxyl groups excluding tert-OH is 1. The first-order chi connectivity index (χ1) is 6.06. The minimum atomic E-state index is -0.641. The third-order valence-corrected chi connectivity index (χ3v) is 2.76. The van der Waals surface area contributed by atoms with E-state index in [2.05, 4.69) is 20.9 Å². The van der Waals surface area contributed by atoms with Crippen molar-refractivity contribution >= 4 is 39.1 Å². The lowest BCUT2D eigenvalue weighted by Crippen LogP contribution is -2.03. The van der Waals surface area contributed by atoms with Crippen LogP contribution in [0.4, 0.5) is 0 Å². The van der Waals surface area contributed by atoms with Crippen molar-refractivity contribution in [2.45, 2.75) is 13.0 Å². The van der Waals surface area contributed by atoms with Crippen molar-refractivity contribution in [3.05, 3.63) is 27.5 Å². The van der Waals surface area contributed by atoms with Crippen LogP contribution in [0.1, 0.15) is 17.2 Å². The summed E-state index contributed by atoms with van der Waals surface area (Å²) in [4.78, 5) is 3.85. The highest BCUT2D eigenvalue weighted by molar-refractivity contribution is 9.09. The molecule has 0 radical (unpaired) electrons. The van der Waals surface area contributed by atoms with Gasteiger partial charge >= 0.3 is 0 Å². The molecule has 0 aliphatic rings. The minimum Gasteiger partial charge on any atom is -0.387 e. The Morgan fingerprint density at radius 2 is 2.23 bits per heavy atom. The summed E-state index contributed by atoms with van der Waals surface area (Å²) < 4.78 is 0. The Bertz CT molecular complexity index is 296. The van der Waals surface area contributed by atoms with E-state index in [9.17, 15) is 5.11 Å². The van der Waals surface area contributed by atoms with Gasteiger partial charge in [-0.05, 0) is 18.6 Å². The topological polar surface area (TPSA) is 33.1 Å².